The number of fused-ring (bicyclic) bond motifs is 1. The van der Waals surface area contributed by atoms with Crippen LogP contribution < -0.4 is 14.8 Å². The first-order chi connectivity index (χ1) is 9.91. The van der Waals surface area contributed by atoms with Crippen molar-refractivity contribution in [2.24, 2.45) is 0 Å². The molecule has 2 rings (SSSR count). The number of para-hydroxylation sites is 1. The highest BCUT2D eigenvalue weighted by Gasteiger charge is 2.32. The van der Waals surface area contributed by atoms with Crippen LogP contribution in [0, 0.1) is 0 Å². The van der Waals surface area contributed by atoms with Gasteiger partial charge in [-0.15, -0.1) is 0 Å². The van der Waals surface area contributed by atoms with E-state index in [1.807, 2.05) is 6.07 Å². The minimum absolute atomic E-state index is 0.124. The van der Waals surface area contributed by atoms with Gasteiger partial charge in [0.15, 0.2) is 11.5 Å². The zero-order chi connectivity index (χ0) is 15.5. The van der Waals surface area contributed by atoms with Crippen LogP contribution in [-0.2, 0) is 6.42 Å². The van der Waals surface area contributed by atoms with Crippen LogP contribution in [0.1, 0.15) is 53.0 Å². The summed E-state index contributed by atoms with van der Waals surface area (Å²) in [5, 5.41) is 3.50. The lowest BCUT2D eigenvalue weighted by Gasteiger charge is -2.22. The summed E-state index contributed by atoms with van der Waals surface area (Å²) in [4.78, 5) is 0. The first-order valence-corrected chi connectivity index (χ1v) is 8.12. The Balaban J connectivity index is 1.97. The standard InChI is InChI=1S/C18H29NO2/c1-6-10-19-13(2)11-14(3)20-16-9-7-8-15-12-18(4,5)21-17(15)16/h7-9,13-14,19H,6,10-12H2,1-5H3. The highest BCUT2D eigenvalue weighted by Crippen LogP contribution is 2.42. The molecule has 2 atom stereocenters. The summed E-state index contributed by atoms with van der Waals surface area (Å²) in [6.45, 7) is 11.8. The van der Waals surface area contributed by atoms with Crippen LogP contribution in [0.25, 0.3) is 0 Å². The molecule has 3 nitrogen and oxygen atoms in total. The Morgan fingerprint density at radius 1 is 1.33 bits per heavy atom. The summed E-state index contributed by atoms with van der Waals surface area (Å²) < 4.78 is 12.2. The van der Waals surface area contributed by atoms with Crippen LogP contribution in [0.2, 0.25) is 0 Å². The Bertz CT molecular complexity index is 470. The van der Waals surface area contributed by atoms with Crippen molar-refractivity contribution in [1.82, 2.24) is 5.32 Å². The Kier molecular flexibility index (Phi) is 5.15. The van der Waals surface area contributed by atoms with Crippen molar-refractivity contribution < 1.29 is 9.47 Å². The summed E-state index contributed by atoms with van der Waals surface area (Å²) >= 11 is 0. The predicted octanol–water partition coefficient (Wildman–Crippen LogP) is 3.95. The van der Waals surface area contributed by atoms with E-state index in [1.165, 1.54) is 5.56 Å². The summed E-state index contributed by atoms with van der Waals surface area (Å²) in [6, 6.07) is 6.67. The zero-order valence-electron chi connectivity index (χ0n) is 14.0. The fourth-order valence-electron chi connectivity index (χ4n) is 2.92. The summed E-state index contributed by atoms with van der Waals surface area (Å²) in [5.41, 5.74) is 1.13. The van der Waals surface area contributed by atoms with Crippen molar-refractivity contribution >= 4 is 0 Å². The largest absolute Gasteiger partial charge is 0.487 e. The SMILES string of the molecule is CCCNC(C)CC(C)Oc1cccc2c1OC(C)(C)C2. The van der Waals surface area contributed by atoms with Gasteiger partial charge in [0, 0.05) is 18.0 Å². The first-order valence-electron chi connectivity index (χ1n) is 8.12. The molecule has 1 aromatic rings. The van der Waals surface area contributed by atoms with E-state index in [9.17, 15) is 0 Å². The lowest BCUT2D eigenvalue weighted by molar-refractivity contribution is 0.124. The van der Waals surface area contributed by atoms with Gasteiger partial charge in [-0.05, 0) is 53.1 Å². The molecule has 0 saturated carbocycles. The third kappa shape index (κ3) is 4.37. The Morgan fingerprint density at radius 3 is 2.81 bits per heavy atom. The normalized spacial score (nSPS) is 18.7. The number of nitrogens with one attached hydrogen (secondary N) is 1. The van der Waals surface area contributed by atoms with Gasteiger partial charge in [-0.1, -0.05) is 19.1 Å². The molecule has 21 heavy (non-hydrogen) atoms. The summed E-state index contributed by atoms with van der Waals surface area (Å²) in [5.74, 6) is 1.82. The van der Waals surface area contributed by atoms with Gasteiger partial charge in [-0.2, -0.15) is 0 Å². The van der Waals surface area contributed by atoms with Crippen molar-refractivity contribution in [1.29, 1.82) is 0 Å². The van der Waals surface area contributed by atoms with E-state index in [0.29, 0.717) is 6.04 Å². The molecular formula is C18H29NO2. The summed E-state index contributed by atoms with van der Waals surface area (Å²) in [6.07, 6.45) is 3.27. The van der Waals surface area contributed by atoms with Crippen molar-refractivity contribution in [3.05, 3.63) is 23.8 Å². The molecule has 0 spiro atoms. The first kappa shape index (κ1) is 16.2. The molecule has 0 aromatic heterocycles. The lowest BCUT2D eigenvalue weighted by Crippen LogP contribution is -2.31. The topological polar surface area (TPSA) is 30.5 Å². The third-order valence-corrected chi connectivity index (χ3v) is 3.81. The molecule has 0 radical (unpaired) electrons. The van der Waals surface area contributed by atoms with E-state index in [2.05, 4.69) is 52.1 Å². The average Bonchev–Trinajstić information content (AvgIpc) is 2.71. The van der Waals surface area contributed by atoms with Crippen molar-refractivity contribution in [3.63, 3.8) is 0 Å². The molecule has 3 heteroatoms. The molecule has 0 bridgehead atoms. The molecule has 1 heterocycles. The fraction of sp³-hybridized carbons (Fsp3) is 0.667. The van der Waals surface area contributed by atoms with Crippen molar-refractivity contribution in [2.75, 3.05) is 6.54 Å². The number of hydrogen-bond donors (Lipinski definition) is 1. The van der Waals surface area contributed by atoms with Crippen LogP contribution in [0.3, 0.4) is 0 Å². The molecule has 1 aliphatic heterocycles. The van der Waals surface area contributed by atoms with E-state index >= 15 is 0 Å². The highest BCUT2D eigenvalue weighted by molar-refractivity contribution is 5.50. The van der Waals surface area contributed by atoms with Gasteiger partial charge < -0.3 is 14.8 Å². The molecule has 0 aliphatic carbocycles. The molecule has 118 valence electrons. The maximum atomic E-state index is 6.14. The Labute approximate surface area is 129 Å². The zero-order valence-corrected chi connectivity index (χ0v) is 14.0. The molecule has 2 unspecified atom stereocenters. The minimum Gasteiger partial charge on any atom is -0.487 e. The second kappa shape index (κ2) is 6.69. The molecule has 0 fully saturated rings. The van der Waals surface area contributed by atoms with E-state index in [4.69, 9.17) is 9.47 Å². The summed E-state index contributed by atoms with van der Waals surface area (Å²) in [7, 11) is 0. The smallest absolute Gasteiger partial charge is 0.165 e. The van der Waals surface area contributed by atoms with Crippen LogP contribution >= 0.6 is 0 Å². The van der Waals surface area contributed by atoms with Gasteiger partial charge in [0.05, 0.1) is 6.10 Å². The number of ether oxygens (including phenoxy) is 2. The Hall–Kier alpha value is -1.22. The maximum absolute atomic E-state index is 6.14. The van der Waals surface area contributed by atoms with Crippen LogP contribution in [-0.4, -0.2) is 24.3 Å². The highest BCUT2D eigenvalue weighted by atomic mass is 16.5. The van der Waals surface area contributed by atoms with Gasteiger partial charge in [0.25, 0.3) is 0 Å². The minimum atomic E-state index is -0.124. The van der Waals surface area contributed by atoms with Crippen molar-refractivity contribution in [3.8, 4) is 11.5 Å². The predicted molar refractivity (Wildman–Crippen MR) is 87.3 cm³/mol. The second-order valence-electron chi connectivity index (χ2n) is 6.80. The van der Waals surface area contributed by atoms with Gasteiger partial charge in [0.2, 0.25) is 0 Å². The number of rotatable bonds is 7. The quantitative estimate of drug-likeness (QED) is 0.825. The fourth-order valence-corrected chi connectivity index (χ4v) is 2.92. The second-order valence-corrected chi connectivity index (χ2v) is 6.80. The number of benzene rings is 1. The molecule has 1 N–H and O–H groups in total. The van der Waals surface area contributed by atoms with E-state index in [0.717, 1.165) is 37.3 Å². The third-order valence-electron chi connectivity index (χ3n) is 3.81. The van der Waals surface area contributed by atoms with E-state index in [1.54, 1.807) is 0 Å². The van der Waals surface area contributed by atoms with Crippen molar-refractivity contribution in [2.45, 2.75) is 71.6 Å². The lowest BCUT2D eigenvalue weighted by atomic mass is 10.0. The molecule has 1 aliphatic rings. The van der Waals surface area contributed by atoms with Gasteiger partial charge in [0.1, 0.15) is 5.60 Å². The molecule has 0 saturated heterocycles. The van der Waals surface area contributed by atoms with E-state index < -0.39 is 0 Å². The average molecular weight is 291 g/mol. The molecule has 1 aromatic carbocycles. The molecular weight excluding hydrogens is 262 g/mol. The van der Waals surface area contributed by atoms with Gasteiger partial charge in [-0.3, -0.25) is 0 Å². The molecule has 0 amide bonds. The number of hydrogen-bond acceptors (Lipinski definition) is 3. The van der Waals surface area contributed by atoms with Crippen LogP contribution in [0.5, 0.6) is 11.5 Å². The van der Waals surface area contributed by atoms with Gasteiger partial charge >= 0.3 is 0 Å². The van der Waals surface area contributed by atoms with E-state index in [-0.39, 0.29) is 11.7 Å². The van der Waals surface area contributed by atoms with Crippen LogP contribution in [0.4, 0.5) is 0 Å². The Morgan fingerprint density at radius 2 is 2.10 bits per heavy atom. The van der Waals surface area contributed by atoms with Gasteiger partial charge in [-0.25, -0.2) is 0 Å². The maximum Gasteiger partial charge on any atom is 0.165 e. The van der Waals surface area contributed by atoms with Crippen LogP contribution in [0.15, 0.2) is 18.2 Å². The monoisotopic (exact) mass is 291 g/mol.